The van der Waals surface area contributed by atoms with E-state index < -0.39 is 46.4 Å². The van der Waals surface area contributed by atoms with Crippen molar-refractivity contribution in [1.82, 2.24) is 20.8 Å². The Hall–Kier alpha value is -1.96. The van der Waals surface area contributed by atoms with E-state index >= 15 is 0 Å². The van der Waals surface area contributed by atoms with Crippen LogP contribution in [0.25, 0.3) is 0 Å². The number of carbonyl (C=O) groups is 3. The summed E-state index contributed by atoms with van der Waals surface area (Å²) in [5.74, 6) is -1.24. The first-order valence-electron chi connectivity index (χ1n) is 6.72. The molecule has 0 aromatic carbocycles. The predicted octanol–water partition coefficient (Wildman–Crippen LogP) is -2.52. The molecule has 3 atom stereocenters. The lowest BCUT2D eigenvalue weighted by Crippen LogP contribution is -2.56. The molecule has 0 radical (unpaired) electrons. The lowest BCUT2D eigenvalue weighted by molar-refractivity contribution is -0.132. The number of nitrogens with zero attached hydrogens (tertiary/aromatic N) is 2. The Labute approximate surface area is 131 Å². The Kier molecular flexibility index (Phi) is 4.74. The SMILES string of the molecule is C[C@H](N)C(=O)NNC(=O)[C@@H]1CCC2CN1C(=O)N2OS(=O)(=O)O. The number of piperidine rings is 1. The molecule has 5 N–H and O–H groups in total. The van der Waals surface area contributed by atoms with Gasteiger partial charge in [-0.05, 0) is 19.8 Å². The van der Waals surface area contributed by atoms with E-state index in [1.165, 1.54) is 6.92 Å². The van der Waals surface area contributed by atoms with Crippen LogP contribution in [0, 0.1) is 0 Å². The first kappa shape index (κ1) is 17.4. The van der Waals surface area contributed by atoms with Gasteiger partial charge < -0.3 is 10.6 Å². The van der Waals surface area contributed by atoms with Crippen LogP contribution < -0.4 is 16.6 Å². The van der Waals surface area contributed by atoms with E-state index in [1.54, 1.807) is 0 Å². The van der Waals surface area contributed by atoms with Gasteiger partial charge in [0, 0.05) is 6.54 Å². The van der Waals surface area contributed by atoms with E-state index in [9.17, 15) is 22.8 Å². The second kappa shape index (κ2) is 6.27. The number of carbonyl (C=O) groups excluding carboxylic acids is 3. The van der Waals surface area contributed by atoms with Crippen LogP contribution in [-0.2, 0) is 24.3 Å². The molecule has 23 heavy (non-hydrogen) atoms. The van der Waals surface area contributed by atoms with Crippen LogP contribution in [0.15, 0.2) is 0 Å². The van der Waals surface area contributed by atoms with Gasteiger partial charge >= 0.3 is 16.4 Å². The molecule has 0 saturated carbocycles. The van der Waals surface area contributed by atoms with Gasteiger partial charge in [-0.25, -0.2) is 4.79 Å². The second-order valence-corrected chi connectivity index (χ2v) is 6.28. The second-order valence-electron chi connectivity index (χ2n) is 5.28. The van der Waals surface area contributed by atoms with Crippen LogP contribution in [0.4, 0.5) is 4.79 Å². The minimum atomic E-state index is -4.84. The minimum absolute atomic E-state index is 0.0632. The van der Waals surface area contributed by atoms with Crippen molar-refractivity contribution in [1.29, 1.82) is 0 Å². The van der Waals surface area contributed by atoms with Crippen LogP contribution in [-0.4, -0.2) is 65.4 Å². The lowest BCUT2D eigenvalue weighted by atomic mass is 10.0. The van der Waals surface area contributed by atoms with Crippen molar-refractivity contribution in [3.8, 4) is 0 Å². The van der Waals surface area contributed by atoms with Crippen molar-refractivity contribution < 1.29 is 31.6 Å². The highest BCUT2D eigenvalue weighted by Gasteiger charge is 2.49. The van der Waals surface area contributed by atoms with Crippen LogP contribution in [0.2, 0.25) is 0 Å². The van der Waals surface area contributed by atoms with Crippen molar-refractivity contribution in [3.05, 3.63) is 0 Å². The number of hydrogen-bond acceptors (Lipinski definition) is 7. The van der Waals surface area contributed by atoms with Crippen molar-refractivity contribution in [2.75, 3.05) is 6.54 Å². The molecule has 2 aliphatic rings. The number of urea groups is 1. The molecule has 130 valence electrons. The van der Waals surface area contributed by atoms with Crippen LogP contribution in [0.3, 0.4) is 0 Å². The summed E-state index contributed by atoms with van der Waals surface area (Å²) in [6, 6.07) is -3.17. The Morgan fingerprint density at radius 1 is 1.39 bits per heavy atom. The maximum absolute atomic E-state index is 12.1. The standard InChI is InChI=1S/C10H17N5O7S/c1-5(11)8(16)12-13-9(17)7-3-2-6-4-14(7)10(18)15(6)22-23(19,20)21/h5-7H,2-4,11H2,1H3,(H,12,16)(H,13,17)(H,19,20,21)/t5-,6?,7-/m0/s1. The first-order chi connectivity index (χ1) is 10.6. The molecule has 2 saturated heterocycles. The molecule has 0 aromatic heterocycles. The summed E-state index contributed by atoms with van der Waals surface area (Å²) in [5.41, 5.74) is 9.61. The zero-order chi connectivity index (χ0) is 17.4. The summed E-state index contributed by atoms with van der Waals surface area (Å²) in [4.78, 5) is 36.6. The zero-order valence-corrected chi connectivity index (χ0v) is 12.9. The maximum atomic E-state index is 12.1. The maximum Gasteiger partial charge on any atom is 0.418 e. The van der Waals surface area contributed by atoms with Crippen molar-refractivity contribution in [2.24, 2.45) is 5.73 Å². The van der Waals surface area contributed by atoms with Gasteiger partial charge in [-0.2, -0.15) is 13.5 Å². The number of hydrogen-bond donors (Lipinski definition) is 4. The molecule has 1 unspecified atom stereocenters. The molecule has 2 fully saturated rings. The predicted molar refractivity (Wildman–Crippen MR) is 73.3 cm³/mol. The molecular weight excluding hydrogens is 334 g/mol. The number of fused-ring (bicyclic) bond motifs is 2. The highest BCUT2D eigenvalue weighted by atomic mass is 32.3. The Morgan fingerprint density at radius 3 is 2.61 bits per heavy atom. The minimum Gasteiger partial charge on any atom is -0.320 e. The van der Waals surface area contributed by atoms with Gasteiger partial charge in [0.05, 0.1) is 12.1 Å². The van der Waals surface area contributed by atoms with E-state index in [-0.39, 0.29) is 19.4 Å². The molecule has 2 aliphatic heterocycles. The molecule has 4 amide bonds. The van der Waals surface area contributed by atoms with Gasteiger partial charge in [-0.1, -0.05) is 0 Å². The number of hydrazine groups is 1. The van der Waals surface area contributed by atoms with Gasteiger partial charge in [0.15, 0.2) is 0 Å². The van der Waals surface area contributed by atoms with Crippen molar-refractivity contribution in [2.45, 2.75) is 37.9 Å². The summed E-state index contributed by atoms with van der Waals surface area (Å²) >= 11 is 0. The van der Waals surface area contributed by atoms with E-state index in [2.05, 4.69) is 15.1 Å². The van der Waals surface area contributed by atoms with Gasteiger partial charge in [0.25, 0.3) is 11.8 Å². The van der Waals surface area contributed by atoms with Crippen LogP contribution in [0.5, 0.6) is 0 Å². The van der Waals surface area contributed by atoms with Gasteiger partial charge in [0.1, 0.15) is 6.04 Å². The average Bonchev–Trinajstić information content (AvgIpc) is 2.68. The molecule has 0 spiro atoms. The summed E-state index contributed by atoms with van der Waals surface area (Å²) in [6.45, 7) is 1.49. The van der Waals surface area contributed by atoms with E-state index in [4.69, 9.17) is 10.3 Å². The van der Waals surface area contributed by atoms with Crippen molar-refractivity contribution >= 4 is 28.2 Å². The summed E-state index contributed by atoms with van der Waals surface area (Å²) < 4.78 is 34.4. The summed E-state index contributed by atoms with van der Waals surface area (Å²) in [5, 5.41) is 0.531. The molecule has 0 aliphatic carbocycles. The number of hydroxylamine groups is 2. The van der Waals surface area contributed by atoms with Crippen LogP contribution >= 0.6 is 0 Å². The number of rotatable bonds is 4. The van der Waals surface area contributed by atoms with Gasteiger partial charge in [-0.15, -0.1) is 4.28 Å². The molecule has 2 heterocycles. The van der Waals surface area contributed by atoms with Crippen molar-refractivity contribution in [3.63, 3.8) is 0 Å². The lowest BCUT2D eigenvalue weighted by Gasteiger charge is -2.29. The largest absolute Gasteiger partial charge is 0.418 e. The van der Waals surface area contributed by atoms with Gasteiger partial charge in [0.2, 0.25) is 0 Å². The third kappa shape index (κ3) is 3.87. The van der Waals surface area contributed by atoms with E-state index in [0.29, 0.717) is 5.06 Å². The third-order valence-electron chi connectivity index (χ3n) is 3.52. The highest BCUT2D eigenvalue weighted by molar-refractivity contribution is 7.80. The monoisotopic (exact) mass is 351 g/mol. The van der Waals surface area contributed by atoms with E-state index in [1.807, 2.05) is 0 Å². The molecule has 12 nitrogen and oxygen atoms in total. The fourth-order valence-corrected chi connectivity index (χ4v) is 2.81. The first-order valence-corrected chi connectivity index (χ1v) is 8.09. The Balaban J connectivity index is 2.01. The highest BCUT2D eigenvalue weighted by Crippen LogP contribution is 2.30. The summed E-state index contributed by atoms with van der Waals surface area (Å²) in [6.07, 6.45) is 0.526. The zero-order valence-electron chi connectivity index (χ0n) is 12.1. The molecular formula is C10H17N5O7S. The summed E-state index contributed by atoms with van der Waals surface area (Å²) in [7, 11) is -4.84. The molecule has 13 heteroatoms. The van der Waals surface area contributed by atoms with E-state index in [0.717, 1.165) is 4.90 Å². The topological polar surface area (TPSA) is 171 Å². The van der Waals surface area contributed by atoms with Gasteiger partial charge in [-0.3, -0.25) is 25.0 Å². The Morgan fingerprint density at radius 2 is 2.04 bits per heavy atom. The molecule has 0 aromatic rings. The smallest absolute Gasteiger partial charge is 0.320 e. The van der Waals surface area contributed by atoms with Crippen LogP contribution in [0.1, 0.15) is 19.8 Å². The number of amides is 4. The number of nitrogens with one attached hydrogen (secondary N) is 2. The molecule has 2 bridgehead atoms. The fraction of sp³-hybridized carbons (Fsp3) is 0.700. The fourth-order valence-electron chi connectivity index (χ4n) is 2.42. The third-order valence-corrected chi connectivity index (χ3v) is 3.87. The Bertz CT molecular complexity index is 621. The number of nitrogens with two attached hydrogens (primary N) is 1. The average molecular weight is 351 g/mol. The normalized spacial score (nSPS) is 25.3. The quantitative estimate of drug-likeness (QED) is 0.317. The molecule has 2 rings (SSSR count).